The van der Waals surface area contributed by atoms with E-state index in [0.29, 0.717) is 43.0 Å². The van der Waals surface area contributed by atoms with Crippen LogP contribution < -0.4 is 4.90 Å². The first kappa shape index (κ1) is 22.6. The number of anilines is 1. The minimum Gasteiger partial charge on any atom is -0.308 e. The van der Waals surface area contributed by atoms with Crippen LogP contribution in [0.3, 0.4) is 0 Å². The molecule has 33 heavy (non-hydrogen) atoms. The molecule has 0 spiro atoms. The molecule has 4 rings (SSSR count). The average molecular weight is 470 g/mol. The summed E-state index contributed by atoms with van der Waals surface area (Å²) >= 11 is 0. The number of rotatable bonds is 7. The number of hydrogen-bond donors (Lipinski definition) is 0. The summed E-state index contributed by atoms with van der Waals surface area (Å²) in [5.74, 6) is -0.249. The normalized spacial score (nSPS) is 13.4. The molecule has 1 aliphatic rings. The summed E-state index contributed by atoms with van der Waals surface area (Å²) in [7, 11) is -3.57. The van der Waals surface area contributed by atoms with Gasteiger partial charge in [0.15, 0.2) is 0 Å². The topological polar surface area (TPSA) is 119 Å². The molecule has 0 saturated heterocycles. The maximum Gasteiger partial charge on any atom is 0.269 e. The fourth-order valence-electron chi connectivity index (χ4n) is 3.92. The van der Waals surface area contributed by atoms with E-state index in [4.69, 9.17) is 0 Å². The smallest absolute Gasteiger partial charge is 0.269 e. The van der Waals surface area contributed by atoms with E-state index < -0.39 is 14.9 Å². The first-order valence-electron chi connectivity index (χ1n) is 10.5. The molecule has 0 unspecified atom stereocenters. The third kappa shape index (κ3) is 4.12. The Morgan fingerprint density at radius 3 is 2.48 bits per heavy atom. The predicted molar refractivity (Wildman–Crippen MR) is 122 cm³/mol. The van der Waals surface area contributed by atoms with Gasteiger partial charge in [0.05, 0.1) is 27.3 Å². The van der Waals surface area contributed by atoms with Crippen LogP contribution in [0.25, 0.3) is 5.69 Å². The molecule has 0 radical (unpaired) electrons. The lowest BCUT2D eigenvalue weighted by molar-refractivity contribution is -0.384. The number of aromatic nitrogens is 2. The van der Waals surface area contributed by atoms with Gasteiger partial charge in [-0.2, -0.15) is 9.40 Å². The zero-order valence-electron chi connectivity index (χ0n) is 18.2. The average Bonchev–Trinajstić information content (AvgIpc) is 3.46. The summed E-state index contributed by atoms with van der Waals surface area (Å²) in [5, 5.41) is 15.0. The maximum atomic E-state index is 13.1. The number of non-ortho nitro benzene ring substituents is 1. The first-order chi connectivity index (χ1) is 15.8. The molecular formula is C22H23N5O5S. The number of sulfonamides is 1. The van der Waals surface area contributed by atoms with Crippen molar-refractivity contribution >= 4 is 27.3 Å². The molecule has 10 nitrogen and oxygen atoms in total. The Labute approximate surface area is 191 Å². The number of amides is 1. The second-order valence-corrected chi connectivity index (χ2v) is 9.47. The Morgan fingerprint density at radius 2 is 1.85 bits per heavy atom. The lowest BCUT2D eigenvalue weighted by Crippen LogP contribution is -2.30. The van der Waals surface area contributed by atoms with Crippen molar-refractivity contribution in [2.24, 2.45) is 0 Å². The van der Waals surface area contributed by atoms with Crippen LogP contribution in [0.15, 0.2) is 59.8 Å². The Bertz CT molecular complexity index is 1310. The second-order valence-electron chi connectivity index (χ2n) is 7.53. The van der Waals surface area contributed by atoms with Crippen LogP contribution in [-0.4, -0.2) is 53.0 Å². The molecule has 3 aromatic rings. The van der Waals surface area contributed by atoms with Gasteiger partial charge in [-0.15, -0.1) is 0 Å². The third-order valence-electron chi connectivity index (χ3n) is 5.69. The van der Waals surface area contributed by atoms with E-state index in [1.54, 1.807) is 55.3 Å². The first-order valence-corrected chi connectivity index (χ1v) is 11.9. The summed E-state index contributed by atoms with van der Waals surface area (Å²) in [6.07, 6.45) is 3.57. The number of fused-ring (bicyclic) bond motifs is 1. The van der Waals surface area contributed by atoms with E-state index in [-0.39, 0.29) is 16.5 Å². The predicted octanol–water partition coefficient (Wildman–Crippen LogP) is 3.01. The van der Waals surface area contributed by atoms with Crippen molar-refractivity contribution in [3.8, 4) is 5.69 Å². The zero-order chi connectivity index (χ0) is 23.8. The minimum absolute atomic E-state index is 0.0294. The van der Waals surface area contributed by atoms with Crippen molar-refractivity contribution in [1.82, 2.24) is 14.1 Å². The molecule has 0 atom stereocenters. The van der Waals surface area contributed by atoms with Crippen molar-refractivity contribution in [3.63, 3.8) is 0 Å². The summed E-state index contributed by atoms with van der Waals surface area (Å²) in [5.41, 5.74) is 2.41. The number of hydrogen-bond acceptors (Lipinski definition) is 6. The number of carbonyl (C=O) groups is 1. The van der Waals surface area contributed by atoms with Gasteiger partial charge >= 0.3 is 0 Å². The fourth-order valence-corrected chi connectivity index (χ4v) is 5.43. The molecule has 172 valence electrons. The Balaban J connectivity index is 1.57. The summed E-state index contributed by atoms with van der Waals surface area (Å²) < 4.78 is 28.5. The van der Waals surface area contributed by atoms with E-state index >= 15 is 0 Å². The van der Waals surface area contributed by atoms with Gasteiger partial charge in [-0.3, -0.25) is 14.9 Å². The van der Waals surface area contributed by atoms with Crippen molar-refractivity contribution in [2.75, 3.05) is 24.5 Å². The van der Waals surface area contributed by atoms with Gasteiger partial charge in [-0.1, -0.05) is 13.8 Å². The molecule has 0 fully saturated rings. The van der Waals surface area contributed by atoms with Crippen LogP contribution in [0, 0.1) is 10.1 Å². The highest BCUT2D eigenvalue weighted by Gasteiger charge is 2.29. The number of nitro groups is 1. The van der Waals surface area contributed by atoms with Crippen LogP contribution in [-0.2, 0) is 16.4 Å². The Kier molecular flexibility index (Phi) is 6.00. The molecular weight excluding hydrogens is 446 g/mol. The van der Waals surface area contributed by atoms with Gasteiger partial charge in [-0.25, -0.2) is 13.1 Å². The van der Waals surface area contributed by atoms with Crippen molar-refractivity contribution in [2.45, 2.75) is 25.2 Å². The lowest BCUT2D eigenvalue weighted by atomic mass is 10.2. The molecule has 11 heteroatoms. The number of nitrogens with zero attached hydrogens (tertiary/aromatic N) is 5. The highest BCUT2D eigenvalue weighted by atomic mass is 32.2. The molecule has 1 aromatic heterocycles. The molecule has 0 N–H and O–H groups in total. The van der Waals surface area contributed by atoms with E-state index in [0.717, 1.165) is 5.56 Å². The van der Waals surface area contributed by atoms with Crippen molar-refractivity contribution in [3.05, 3.63) is 76.1 Å². The minimum atomic E-state index is -3.57. The van der Waals surface area contributed by atoms with E-state index in [2.05, 4.69) is 5.10 Å². The highest BCUT2D eigenvalue weighted by molar-refractivity contribution is 7.89. The third-order valence-corrected chi connectivity index (χ3v) is 7.74. The standard InChI is InChI=1S/C22H23N5O5S/c1-3-24(4-2)33(31,32)20-9-10-21-16(13-20)11-12-25(21)22(28)17-14-23-26(15-17)18-5-7-19(8-6-18)27(29)30/h5-10,13-15H,3-4,11-12H2,1-2H3. The lowest BCUT2D eigenvalue weighted by Gasteiger charge is -2.20. The molecule has 0 saturated carbocycles. The van der Waals surface area contributed by atoms with Gasteiger partial charge in [0.25, 0.3) is 11.6 Å². The van der Waals surface area contributed by atoms with E-state index in [1.165, 1.54) is 27.3 Å². The van der Waals surface area contributed by atoms with Crippen molar-refractivity contribution < 1.29 is 18.1 Å². The molecule has 2 heterocycles. The van der Waals surface area contributed by atoms with E-state index in [9.17, 15) is 23.3 Å². The summed E-state index contributed by atoms with van der Waals surface area (Å²) in [4.78, 5) is 25.3. The van der Waals surface area contributed by atoms with Crippen LogP contribution >= 0.6 is 0 Å². The largest absolute Gasteiger partial charge is 0.308 e. The molecule has 1 amide bonds. The van der Waals surface area contributed by atoms with Gasteiger partial charge in [0, 0.05) is 43.7 Å². The molecule has 0 aliphatic carbocycles. The molecule has 0 bridgehead atoms. The monoisotopic (exact) mass is 469 g/mol. The van der Waals surface area contributed by atoms with Gasteiger partial charge in [0.1, 0.15) is 0 Å². The fraction of sp³-hybridized carbons (Fsp3) is 0.273. The zero-order valence-corrected chi connectivity index (χ0v) is 19.0. The van der Waals surface area contributed by atoms with Crippen LogP contribution in [0.2, 0.25) is 0 Å². The number of benzene rings is 2. The Hall–Kier alpha value is -3.57. The SMILES string of the molecule is CCN(CC)S(=O)(=O)c1ccc2c(c1)CCN2C(=O)c1cnn(-c2ccc([N+](=O)[O-])cc2)c1. The summed E-state index contributed by atoms with van der Waals surface area (Å²) in [6, 6.07) is 10.7. The van der Waals surface area contributed by atoms with Gasteiger partial charge in [-0.05, 0) is 42.3 Å². The second kappa shape index (κ2) is 8.75. The highest BCUT2D eigenvalue weighted by Crippen LogP contribution is 2.32. The van der Waals surface area contributed by atoms with Gasteiger partial charge in [0.2, 0.25) is 10.0 Å². The molecule has 2 aromatic carbocycles. The van der Waals surface area contributed by atoms with E-state index in [1.807, 2.05) is 0 Å². The van der Waals surface area contributed by atoms with Gasteiger partial charge < -0.3 is 4.90 Å². The number of carbonyl (C=O) groups excluding carboxylic acids is 1. The summed E-state index contributed by atoms with van der Waals surface area (Å²) in [6.45, 7) is 4.81. The Morgan fingerprint density at radius 1 is 1.15 bits per heavy atom. The van der Waals surface area contributed by atoms with Crippen LogP contribution in [0.5, 0.6) is 0 Å². The van der Waals surface area contributed by atoms with Crippen molar-refractivity contribution in [1.29, 1.82) is 0 Å². The quantitative estimate of drug-likeness (QED) is 0.388. The number of nitro benzene ring substituents is 1. The van der Waals surface area contributed by atoms with Crippen LogP contribution in [0.4, 0.5) is 11.4 Å². The van der Waals surface area contributed by atoms with Crippen LogP contribution in [0.1, 0.15) is 29.8 Å². The molecule has 1 aliphatic heterocycles. The maximum absolute atomic E-state index is 13.1.